The molecule has 0 spiro atoms. The van der Waals surface area contributed by atoms with E-state index in [1.807, 2.05) is 0 Å². The number of fused-ring (bicyclic) bond motifs is 5. The van der Waals surface area contributed by atoms with Crippen LogP contribution in [0.15, 0.2) is 11.3 Å². The summed E-state index contributed by atoms with van der Waals surface area (Å²) in [6, 6.07) is 0. The summed E-state index contributed by atoms with van der Waals surface area (Å²) in [7, 11) is 0. The van der Waals surface area contributed by atoms with Crippen LogP contribution in [0.1, 0.15) is 78.6 Å². The van der Waals surface area contributed by atoms with Crippen LogP contribution in [0, 0.1) is 34.5 Å². The summed E-state index contributed by atoms with van der Waals surface area (Å²) in [5, 5.41) is 0. The summed E-state index contributed by atoms with van der Waals surface area (Å²) in [6.07, 6.45) is 10.4. The van der Waals surface area contributed by atoms with Crippen LogP contribution < -0.4 is 11.2 Å². The number of ketones is 1. The summed E-state index contributed by atoms with van der Waals surface area (Å²) in [5.74, 6) is 3.41. The number of carbonyl (C=O) groups is 1. The first kappa shape index (κ1) is 19.4. The number of nitrogens with one attached hydrogen (secondary N) is 1. The lowest BCUT2D eigenvalue weighted by Crippen LogP contribution is -2.53. The van der Waals surface area contributed by atoms with Gasteiger partial charge in [-0.05, 0) is 86.0 Å². The molecule has 3 N–H and O–H groups in total. The first-order valence-corrected chi connectivity index (χ1v) is 11.3. The van der Waals surface area contributed by atoms with Gasteiger partial charge in [-0.3, -0.25) is 15.1 Å². The minimum atomic E-state index is -0.00870. The molecule has 0 aromatic carbocycles. The van der Waals surface area contributed by atoms with Crippen LogP contribution in [0.5, 0.6) is 0 Å². The van der Waals surface area contributed by atoms with Gasteiger partial charge in [0.1, 0.15) is 5.78 Å². The summed E-state index contributed by atoms with van der Waals surface area (Å²) >= 11 is 0. The predicted octanol–water partition coefficient (Wildman–Crippen LogP) is 4.35. The van der Waals surface area contributed by atoms with Crippen LogP contribution in [-0.2, 0) is 9.63 Å². The molecule has 0 heterocycles. The third-order valence-corrected chi connectivity index (χ3v) is 9.10. The monoisotopic (exact) mass is 374 g/mol. The van der Waals surface area contributed by atoms with E-state index >= 15 is 0 Å². The molecule has 4 rings (SSSR count). The van der Waals surface area contributed by atoms with Crippen molar-refractivity contribution in [3.8, 4) is 0 Å². The Labute approximate surface area is 164 Å². The Bertz CT molecular complexity index is 630. The van der Waals surface area contributed by atoms with Crippen LogP contribution in [-0.4, -0.2) is 18.9 Å². The van der Waals surface area contributed by atoms with Gasteiger partial charge in [-0.15, -0.1) is 0 Å². The summed E-state index contributed by atoms with van der Waals surface area (Å²) in [6.45, 7) is 8.26. The standard InChI is InChI=1S/C23H38N2O2/c1-4-15-17-6-5-16-18-7-8-21(26)23(18,3)11-9-19(16)22(17,2)12-10-20(15)25-27-14-13-24/h16-19,25H,4-14,24H2,1-3H3/t16-,17?,18-,19-,22-,23-/m0/s1. The fourth-order valence-corrected chi connectivity index (χ4v) is 7.70. The molecular formula is C23H38N2O2. The second kappa shape index (κ2) is 7.18. The van der Waals surface area contributed by atoms with E-state index in [-0.39, 0.29) is 5.41 Å². The Balaban J connectivity index is 1.59. The van der Waals surface area contributed by atoms with Crippen LogP contribution in [0.2, 0.25) is 0 Å². The highest BCUT2D eigenvalue weighted by Crippen LogP contribution is 2.66. The lowest BCUT2D eigenvalue weighted by atomic mass is 9.45. The van der Waals surface area contributed by atoms with Gasteiger partial charge in [0.15, 0.2) is 0 Å². The molecule has 0 aromatic heterocycles. The molecule has 1 unspecified atom stereocenters. The van der Waals surface area contributed by atoms with Gasteiger partial charge >= 0.3 is 0 Å². The van der Waals surface area contributed by atoms with Crippen molar-refractivity contribution in [2.75, 3.05) is 13.2 Å². The third-order valence-electron chi connectivity index (χ3n) is 9.10. The number of hydrogen-bond acceptors (Lipinski definition) is 4. The van der Waals surface area contributed by atoms with Crippen molar-refractivity contribution in [1.29, 1.82) is 0 Å². The molecule has 3 fully saturated rings. The molecule has 6 atom stereocenters. The highest BCUT2D eigenvalue weighted by atomic mass is 16.6. The molecule has 0 aliphatic heterocycles. The third kappa shape index (κ3) is 2.90. The molecule has 4 nitrogen and oxygen atoms in total. The van der Waals surface area contributed by atoms with Crippen molar-refractivity contribution in [2.45, 2.75) is 78.6 Å². The second-order valence-electron chi connectivity index (χ2n) is 10.0. The van der Waals surface area contributed by atoms with E-state index in [1.54, 1.807) is 5.57 Å². The van der Waals surface area contributed by atoms with Gasteiger partial charge < -0.3 is 5.73 Å². The van der Waals surface area contributed by atoms with Crippen molar-refractivity contribution in [2.24, 2.45) is 40.2 Å². The maximum absolute atomic E-state index is 12.6. The van der Waals surface area contributed by atoms with Gasteiger partial charge in [0.05, 0.1) is 6.61 Å². The van der Waals surface area contributed by atoms with E-state index in [0.717, 1.165) is 43.9 Å². The number of allylic oxidation sites excluding steroid dienone is 2. The van der Waals surface area contributed by atoms with Gasteiger partial charge in [-0.2, -0.15) is 0 Å². The lowest BCUT2D eigenvalue weighted by Gasteiger charge is -2.60. The predicted molar refractivity (Wildman–Crippen MR) is 108 cm³/mol. The highest BCUT2D eigenvalue weighted by molar-refractivity contribution is 5.87. The van der Waals surface area contributed by atoms with E-state index in [0.29, 0.717) is 36.2 Å². The van der Waals surface area contributed by atoms with E-state index < -0.39 is 0 Å². The normalized spacial score (nSPS) is 43.9. The van der Waals surface area contributed by atoms with Gasteiger partial charge in [-0.25, -0.2) is 0 Å². The first-order chi connectivity index (χ1) is 13.0. The fourth-order valence-electron chi connectivity index (χ4n) is 7.70. The minimum absolute atomic E-state index is 0.00870. The highest BCUT2D eigenvalue weighted by Gasteiger charge is 2.60. The Morgan fingerprint density at radius 1 is 1.11 bits per heavy atom. The minimum Gasteiger partial charge on any atom is -0.328 e. The molecule has 4 aliphatic carbocycles. The van der Waals surface area contributed by atoms with Crippen LogP contribution in [0.3, 0.4) is 0 Å². The van der Waals surface area contributed by atoms with Crippen molar-refractivity contribution in [1.82, 2.24) is 5.48 Å². The number of hydroxylamine groups is 1. The Hall–Kier alpha value is -0.870. The zero-order valence-electron chi connectivity index (χ0n) is 17.5. The summed E-state index contributed by atoms with van der Waals surface area (Å²) in [4.78, 5) is 18.2. The molecule has 4 heteroatoms. The van der Waals surface area contributed by atoms with Gasteiger partial charge in [0.25, 0.3) is 0 Å². The van der Waals surface area contributed by atoms with Crippen LogP contribution in [0.4, 0.5) is 0 Å². The number of nitrogens with two attached hydrogens (primary N) is 1. The van der Waals surface area contributed by atoms with Crippen LogP contribution in [0.25, 0.3) is 0 Å². The maximum Gasteiger partial charge on any atom is 0.139 e. The quantitative estimate of drug-likeness (QED) is 0.554. The Morgan fingerprint density at radius 2 is 1.93 bits per heavy atom. The summed E-state index contributed by atoms with van der Waals surface area (Å²) < 4.78 is 0. The van der Waals surface area contributed by atoms with E-state index in [4.69, 9.17) is 10.6 Å². The second-order valence-corrected chi connectivity index (χ2v) is 10.0. The van der Waals surface area contributed by atoms with Gasteiger partial charge in [0.2, 0.25) is 0 Å². The molecular weight excluding hydrogens is 336 g/mol. The molecule has 27 heavy (non-hydrogen) atoms. The van der Waals surface area contributed by atoms with Gasteiger partial charge in [0, 0.05) is 24.1 Å². The van der Waals surface area contributed by atoms with Gasteiger partial charge in [-0.1, -0.05) is 20.8 Å². The largest absolute Gasteiger partial charge is 0.328 e. The molecule has 4 aliphatic rings. The maximum atomic E-state index is 12.6. The first-order valence-electron chi connectivity index (χ1n) is 11.3. The number of Topliss-reactive ketones (excluding diaryl/α,β-unsaturated/α-hetero) is 1. The van der Waals surface area contributed by atoms with Crippen molar-refractivity contribution in [3.05, 3.63) is 11.3 Å². The van der Waals surface area contributed by atoms with Crippen LogP contribution >= 0.6 is 0 Å². The number of carbonyl (C=O) groups excluding carboxylic acids is 1. The number of hydrogen-bond donors (Lipinski definition) is 2. The lowest BCUT2D eigenvalue weighted by molar-refractivity contribution is -0.136. The molecule has 152 valence electrons. The number of rotatable bonds is 5. The molecule has 0 amide bonds. The zero-order chi connectivity index (χ0) is 19.2. The van der Waals surface area contributed by atoms with Crippen molar-refractivity contribution in [3.63, 3.8) is 0 Å². The van der Waals surface area contributed by atoms with E-state index in [2.05, 4.69) is 26.3 Å². The molecule has 0 radical (unpaired) electrons. The zero-order valence-corrected chi connectivity index (χ0v) is 17.5. The fraction of sp³-hybridized carbons (Fsp3) is 0.870. The smallest absolute Gasteiger partial charge is 0.139 e. The Kier molecular flexibility index (Phi) is 5.17. The van der Waals surface area contributed by atoms with Crippen molar-refractivity contribution >= 4 is 5.78 Å². The molecule has 0 aromatic rings. The Morgan fingerprint density at radius 3 is 2.67 bits per heavy atom. The topological polar surface area (TPSA) is 64.3 Å². The summed E-state index contributed by atoms with van der Waals surface area (Å²) in [5.41, 5.74) is 12.1. The average Bonchev–Trinajstić information content (AvgIpc) is 2.97. The van der Waals surface area contributed by atoms with Crippen molar-refractivity contribution < 1.29 is 9.63 Å². The van der Waals surface area contributed by atoms with E-state index in [9.17, 15) is 4.79 Å². The molecule has 0 bridgehead atoms. The molecule has 0 saturated heterocycles. The molecule has 3 saturated carbocycles. The SMILES string of the molecule is CCC1=C(NOCCN)CC[C@@]2(C)C1CC[C@@H]1[C@@H]2CC[C@]2(C)C(=O)CC[C@@H]12. The van der Waals surface area contributed by atoms with E-state index in [1.165, 1.54) is 31.4 Å². The average molecular weight is 375 g/mol.